The third-order valence-corrected chi connectivity index (χ3v) is 3.72. The van der Waals surface area contributed by atoms with Crippen molar-refractivity contribution in [1.29, 1.82) is 0 Å². The molecular weight excluding hydrogens is 294 g/mol. The van der Waals surface area contributed by atoms with Gasteiger partial charge in [0.15, 0.2) is 11.2 Å². The van der Waals surface area contributed by atoms with Gasteiger partial charge >= 0.3 is 0 Å². The van der Waals surface area contributed by atoms with Crippen molar-refractivity contribution in [2.75, 3.05) is 12.3 Å². The van der Waals surface area contributed by atoms with Crippen molar-refractivity contribution in [2.45, 2.75) is 24.9 Å². The highest BCUT2D eigenvalue weighted by Crippen LogP contribution is 2.28. The predicted molar refractivity (Wildman–Crippen MR) is 75.1 cm³/mol. The molecule has 0 unspecified atom stereocenters. The quantitative estimate of drug-likeness (QED) is 0.562. The first-order valence-corrected chi connectivity index (χ1v) is 6.62. The minimum atomic E-state index is -0.922. The van der Waals surface area contributed by atoms with Crippen LogP contribution in [0, 0.1) is 0 Å². The first-order chi connectivity index (χ1) is 10.4. The normalized spacial score (nSPS) is 25.0. The van der Waals surface area contributed by atoms with Crippen LogP contribution >= 0.6 is 0 Å². The van der Waals surface area contributed by atoms with E-state index in [9.17, 15) is 14.7 Å². The van der Waals surface area contributed by atoms with Gasteiger partial charge in [-0.25, -0.2) is 4.98 Å². The fraction of sp³-hybridized carbons (Fsp3) is 0.500. The van der Waals surface area contributed by atoms with Gasteiger partial charge in [-0.2, -0.15) is 4.98 Å². The molecule has 3 heterocycles. The Labute approximate surface area is 123 Å². The summed E-state index contributed by atoms with van der Waals surface area (Å²) in [5, 5.41) is 18.9. The number of rotatable bonds is 2. The Hall–Kier alpha value is -2.30. The second-order valence-electron chi connectivity index (χ2n) is 5.09. The molecule has 0 spiro atoms. The predicted octanol–water partition coefficient (Wildman–Crippen LogP) is -2.29. The third kappa shape index (κ3) is 2.08. The van der Waals surface area contributed by atoms with Gasteiger partial charge in [0.2, 0.25) is 5.95 Å². The Bertz CT molecular complexity index is 844. The number of hydrogen-bond donors (Lipinski definition) is 3. The van der Waals surface area contributed by atoms with Gasteiger partial charge in [-0.05, 0) is 0 Å². The molecule has 1 aliphatic heterocycles. The average molecular weight is 309 g/mol. The van der Waals surface area contributed by atoms with Crippen LogP contribution < -0.4 is 16.9 Å². The summed E-state index contributed by atoms with van der Waals surface area (Å²) in [6.07, 6.45) is -1.51. The SMILES string of the molecule is Cn1c(N)nc2c(ncc(=O)n2[C@H]2C[C@H](O)[C@@H](CO)O2)c1=O. The maximum atomic E-state index is 12.1. The lowest BCUT2D eigenvalue weighted by atomic mass is 10.2. The molecule has 22 heavy (non-hydrogen) atoms. The van der Waals surface area contributed by atoms with E-state index in [-0.39, 0.29) is 30.1 Å². The maximum Gasteiger partial charge on any atom is 0.282 e. The van der Waals surface area contributed by atoms with E-state index in [0.29, 0.717) is 0 Å². The summed E-state index contributed by atoms with van der Waals surface area (Å²) in [5.41, 5.74) is 4.60. The molecule has 10 nitrogen and oxygen atoms in total. The molecule has 3 atom stereocenters. The Morgan fingerprint density at radius 3 is 2.86 bits per heavy atom. The standard InChI is InChI=1S/C12H15N5O5/c1-16-11(21)9-10(15-12(16)13)17(7(20)3-14-9)8-2-5(19)6(4-18)22-8/h3,5-6,8,18-19H,2,4H2,1H3,(H2,13,15)/t5-,6+,8+/m0/s1. The largest absolute Gasteiger partial charge is 0.394 e. The minimum absolute atomic E-state index is 0.0103. The molecule has 3 rings (SSSR count). The summed E-state index contributed by atoms with van der Waals surface area (Å²) in [7, 11) is 1.44. The van der Waals surface area contributed by atoms with Gasteiger partial charge in [0, 0.05) is 13.5 Å². The Morgan fingerprint density at radius 2 is 2.23 bits per heavy atom. The first-order valence-electron chi connectivity index (χ1n) is 6.62. The number of fused-ring (bicyclic) bond motifs is 1. The number of anilines is 1. The van der Waals surface area contributed by atoms with Gasteiger partial charge in [-0.15, -0.1) is 0 Å². The second kappa shape index (κ2) is 5.16. The van der Waals surface area contributed by atoms with Gasteiger partial charge in [0.25, 0.3) is 11.1 Å². The van der Waals surface area contributed by atoms with Crippen LogP contribution in [0.25, 0.3) is 11.2 Å². The van der Waals surface area contributed by atoms with Gasteiger partial charge in [-0.1, -0.05) is 0 Å². The molecule has 0 amide bonds. The molecule has 1 aliphatic rings. The number of aromatic nitrogens is 4. The molecular formula is C12H15N5O5. The van der Waals surface area contributed by atoms with E-state index in [0.717, 1.165) is 15.3 Å². The number of nitrogens with two attached hydrogens (primary N) is 1. The molecule has 2 aromatic heterocycles. The van der Waals surface area contributed by atoms with E-state index in [1.807, 2.05) is 0 Å². The molecule has 0 bridgehead atoms. The molecule has 2 aromatic rings. The molecule has 1 saturated heterocycles. The summed E-state index contributed by atoms with van der Waals surface area (Å²) in [6, 6.07) is 0. The zero-order valence-corrected chi connectivity index (χ0v) is 11.7. The lowest BCUT2D eigenvalue weighted by molar-refractivity contribution is -0.0442. The van der Waals surface area contributed by atoms with Crippen LogP contribution in [-0.4, -0.2) is 48.1 Å². The van der Waals surface area contributed by atoms with Gasteiger partial charge < -0.3 is 20.7 Å². The van der Waals surface area contributed by atoms with Crippen LogP contribution in [0.1, 0.15) is 12.6 Å². The van der Waals surface area contributed by atoms with Gasteiger partial charge in [0.1, 0.15) is 12.3 Å². The molecule has 10 heteroatoms. The number of aliphatic hydroxyl groups is 2. The van der Waals surface area contributed by atoms with E-state index < -0.39 is 29.6 Å². The van der Waals surface area contributed by atoms with Gasteiger partial charge in [0.05, 0.1) is 18.9 Å². The van der Waals surface area contributed by atoms with Crippen molar-refractivity contribution in [3.8, 4) is 0 Å². The first kappa shape index (κ1) is 14.6. The summed E-state index contributed by atoms with van der Waals surface area (Å²) < 4.78 is 7.69. The van der Waals surface area contributed by atoms with Crippen LogP contribution in [0.2, 0.25) is 0 Å². The number of nitrogens with zero attached hydrogens (tertiary/aromatic N) is 4. The lowest BCUT2D eigenvalue weighted by Crippen LogP contribution is -2.31. The lowest BCUT2D eigenvalue weighted by Gasteiger charge is -2.16. The van der Waals surface area contributed by atoms with E-state index in [1.54, 1.807) is 0 Å². The van der Waals surface area contributed by atoms with Crippen LogP contribution in [-0.2, 0) is 11.8 Å². The van der Waals surface area contributed by atoms with Gasteiger partial charge in [-0.3, -0.25) is 18.7 Å². The monoisotopic (exact) mass is 309 g/mol. The molecule has 0 aromatic carbocycles. The fourth-order valence-corrected chi connectivity index (χ4v) is 2.48. The highest BCUT2D eigenvalue weighted by atomic mass is 16.5. The molecule has 0 saturated carbocycles. The second-order valence-corrected chi connectivity index (χ2v) is 5.09. The van der Waals surface area contributed by atoms with E-state index in [1.165, 1.54) is 7.05 Å². The third-order valence-electron chi connectivity index (χ3n) is 3.72. The van der Waals surface area contributed by atoms with E-state index >= 15 is 0 Å². The molecule has 0 aliphatic carbocycles. The number of nitrogen functional groups attached to an aromatic ring is 1. The molecule has 0 radical (unpaired) electrons. The molecule has 1 fully saturated rings. The van der Waals surface area contributed by atoms with Crippen molar-refractivity contribution >= 4 is 17.1 Å². The highest BCUT2D eigenvalue weighted by molar-refractivity contribution is 5.70. The maximum absolute atomic E-state index is 12.1. The Morgan fingerprint density at radius 1 is 1.50 bits per heavy atom. The summed E-state index contributed by atoms with van der Waals surface area (Å²) in [6.45, 7) is -0.382. The van der Waals surface area contributed by atoms with Crippen LogP contribution in [0.15, 0.2) is 15.8 Å². The summed E-state index contributed by atoms with van der Waals surface area (Å²) >= 11 is 0. The average Bonchev–Trinajstić information content (AvgIpc) is 2.85. The van der Waals surface area contributed by atoms with Crippen LogP contribution in [0.4, 0.5) is 5.95 Å². The van der Waals surface area contributed by atoms with Crippen molar-refractivity contribution in [2.24, 2.45) is 7.05 Å². The topological polar surface area (TPSA) is 145 Å². The highest BCUT2D eigenvalue weighted by Gasteiger charge is 2.36. The van der Waals surface area contributed by atoms with Crippen molar-refractivity contribution in [3.05, 3.63) is 26.9 Å². The fourth-order valence-electron chi connectivity index (χ4n) is 2.48. The molecule has 4 N–H and O–H groups in total. The van der Waals surface area contributed by atoms with Crippen molar-refractivity contribution in [1.82, 2.24) is 19.1 Å². The van der Waals surface area contributed by atoms with E-state index in [2.05, 4.69) is 9.97 Å². The number of aliphatic hydroxyl groups excluding tert-OH is 2. The zero-order chi connectivity index (χ0) is 16.0. The summed E-state index contributed by atoms with van der Waals surface area (Å²) in [5.74, 6) is -0.0732. The smallest absolute Gasteiger partial charge is 0.282 e. The van der Waals surface area contributed by atoms with Crippen LogP contribution in [0.3, 0.4) is 0 Å². The van der Waals surface area contributed by atoms with Crippen molar-refractivity contribution < 1.29 is 14.9 Å². The molecule has 118 valence electrons. The van der Waals surface area contributed by atoms with Crippen molar-refractivity contribution in [3.63, 3.8) is 0 Å². The van der Waals surface area contributed by atoms with E-state index in [4.69, 9.17) is 15.6 Å². The minimum Gasteiger partial charge on any atom is -0.394 e. The number of hydrogen-bond acceptors (Lipinski definition) is 8. The Kier molecular flexibility index (Phi) is 3.43. The number of ether oxygens (including phenoxy) is 1. The zero-order valence-electron chi connectivity index (χ0n) is 11.7. The van der Waals surface area contributed by atoms with Crippen LogP contribution in [0.5, 0.6) is 0 Å². The Balaban J connectivity index is 2.24. The summed E-state index contributed by atoms with van der Waals surface area (Å²) in [4.78, 5) is 32.1.